The van der Waals surface area contributed by atoms with Gasteiger partial charge in [0.1, 0.15) is 6.61 Å². The van der Waals surface area contributed by atoms with Crippen LogP contribution >= 0.6 is 0 Å². The summed E-state index contributed by atoms with van der Waals surface area (Å²) in [5.41, 5.74) is 0. The molecule has 62 valence electrons. The van der Waals surface area contributed by atoms with E-state index >= 15 is 0 Å². The molecule has 3 heteroatoms. The molecule has 0 unspecified atom stereocenters. The SMILES string of the molecule is C=CC(=O)OCC=CN(C)C. The number of carbonyl (C=O) groups excluding carboxylic acids is 1. The van der Waals surface area contributed by atoms with Crippen LogP contribution in [0.1, 0.15) is 0 Å². The maximum Gasteiger partial charge on any atom is 0.330 e. The van der Waals surface area contributed by atoms with Gasteiger partial charge in [-0.15, -0.1) is 0 Å². The van der Waals surface area contributed by atoms with E-state index in [4.69, 9.17) is 0 Å². The molecule has 0 rings (SSSR count). The Morgan fingerprint density at radius 3 is 2.73 bits per heavy atom. The molecular weight excluding hydrogens is 142 g/mol. The molecular formula is C8H13NO2. The monoisotopic (exact) mass is 155 g/mol. The van der Waals surface area contributed by atoms with Gasteiger partial charge in [0.05, 0.1) is 0 Å². The highest BCUT2D eigenvalue weighted by molar-refractivity contribution is 5.81. The van der Waals surface area contributed by atoms with E-state index in [9.17, 15) is 4.79 Å². The van der Waals surface area contributed by atoms with Crippen LogP contribution in [0.4, 0.5) is 0 Å². The maximum absolute atomic E-state index is 10.5. The van der Waals surface area contributed by atoms with Crippen molar-refractivity contribution in [3.8, 4) is 0 Å². The van der Waals surface area contributed by atoms with Crippen LogP contribution in [0, 0.1) is 0 Å². The van der Waals surface area contributed by atoms with E-state index in [0.29, 0.717) is 6.61 Å². The Morgan fingerprint density at radius 1 is 1.64 bits per heavy atom. The minimum Gasteiger partial charge on any atom is -0.458 e. The zero-order valence-corrected chi connectivity index (χ0v) is 6.91. The second-order valence-electron chi connectivity index (χ2n) is 2.18. The normalized spacial score (nSPS) is 9.64. The average Bonchev–Trinajstić information content (AvgIpc) is 1.97. The summed E-state index contributed by atoms with van der Waals surface area (Å²) in [6, 6.07) is 0. The highest BCUT2D eigenvalue weighted by atomic mass is 16.5. The van der Waals surface area contributed by atoms with Crippen molar-refractivity contribution in [2.45, 2.75) is 0 Å². The molecule has 11 heavy (non-hydrogen) atoms. The summed E-state index contributed by atoms with van der Waals surface area (Å²) in [4.78, 5) is 12.3. The number of carbonyl (C=O) groups is 1. The maximum atomic E-state index is 10.5. The number of esters is 1. The minimum absolute atomic E-state index is 0.295. The molecule has 0 spiro atoms. The fourth-order valence-electron chi connectivity index (χ4n) is 0.443. The molecule has 0 saturated heterocycles. The van der Waals surface area contributed by atoms with Gasteiger partial charge in [-0.25, -0.2) is 4.79 Å². The van der Waals surface area contributed by atoms with Gasteiger partial charge in [0, 0.05) is 20.2 Å². The molecule has 0 saturated carbocycles. The zero-order chi connectivity index (χ0) is 8.69. The summed E-state index contributed by atoms with van der Waals surface area (Å²) >= 11 is 0. The summed E-state index contributed by atoms with van der Waals surface area (Å²) < 4.78 is 4.67. The molecule has 0 amide bonds. The number of ether oxygens (including phenoxy) is 1. The van der Waals surface area contributed by atoms with Gasteiger partial charge < -0.3 is 9.64 Å². The van der Waals surface area contributed by atoms with Crippen LogP contribution in [0.3, 0.4) is 0 Å². The van der Waals surface area contributed by atoms with Gasteiger partial charge in [-0.1, -0.05) is 6.58 Å². The van der Waals surface area contributed by atoms with Crippen molar-refractivity contribution in [1.29, 1.82) is 0 Å². The molecule has 3 nitrogen and oxygen atoms in total. The summed E-state index contributed by atoms with van der Waals surface area (Å²) in [5, 5.41) is 0. The largest absolute Gasteiger partial charge is 0.458 e. The van der Waals surface area contributed by atoms with Crippen LogP contribution < -0.4 is 0 Å². The molecule has 0 N–H and O–H groups in total. The van der Waals surface area contributed by atoms with Crippen LogP contribution in [0.25, 0.3) is 0 Å². The first-order valence-corrected chi connectivity index (χ1v) is 3.29. The summed E-state index contributed by atoms with van der Waals surface area (Å²) in [6.07, 6.45) is 4.71. The molecule has 0 heterocycles. The van der Waals surface area contributed by atoms with Crippen molar-refractivity contribution in [2.24, 2.45) is 0 Å². The van der Waals surface area contributed by atoms with Crippen LogP contribution in [-0.2, 0) is 9.53 Å². The molecule has 0 atom stereocenters. The van der Waals surface area contributed by atoms with E-state index in [0.717, 1.165) is 6.08 Å². The number of hydrogen-bond donors (Lipinski definition) is 0. The van der Waals surface area contributed by atoms with E-state index in [1.807, 2.05) is 25.2 Å². The zero-order valence-electron chi connectivity index (χ0n) is 6.91. The lowest BCUT2D eigenvalue weighted by molar-refractivity contribution is -0.136. The first-order chi connectivity index (χ1) is 5.16. The number of hydrogen-bond acceptors (Lipinski definition) is 3. The van der Waals surface area contributed by atoms with Gasteiger partial charge in [-0.05, 0) is 12.3 Å². The van der Waals surface area contributed by atoms with E-state index in [2.05, 4.69) is 11.3 Å². The van der Waals surface area contributed by atoms with Gasteiger partial charge in [0.2, 0.25) is 0 Å². The second-order valence-corrected chi connectivity index (χ2v) is 2.18. The molecule has 0 bridgehead atoms. The third kappa shape index (κ3) is 6.64. The van der Waals surface area contributed by atoms with Crippen molar-refractivity contribution in [3.05, 3.63) is 24.9 Å². The van der Waals surface area contributed by atoms with Crippen LogP contribution in [0.2, 0.25) is 0 Å². The van der Waals surface area contributed by atoms with Crippen molar-refractivity contribution >= 4 is 5.97 Å². The summed E-state index contributed by atoms with van der Waals surface area (Å²) in [7, 11) is 3.79. The van der Waals surface area contributed by atoms with E-state index in [-0.39, 0.29) is 0 Å². The molecule has 0 radical (unpaired) electrons. The van der Waals surface area contributed by atoms with E-state index in [1.165, 1.54) is 0 Å². The number of rotatable bonds is 4. The smallest absolute Gasteiger partial charge is 0.330 e. The van der Waals surface area contributed by atoms with Gasteiger partial charge in [-0.2, -0.15) is 0 Å². The second kappa shape index (κ2) is 5.53. The quantitative estimate of drug-likeness (QED) is 0.444. The Morgan fingerprint density at radius 2 is 2.27 bits per heavy atom. The average molecular weight is 155 g/mol. The number of nitrogens with zero attached hydrogens (tertiary/aromatic N) is 1. The third-order valence-electron chi connectivity index (χ3n) is 0.892. The molecule has 0 aliphatic heterocycles. The van der Waals surface area contributed by atoms with E-state index in [1.54, 1.807) is 6.08 Å². The molecule has 0 aliphatic rings. The first-order valence-electron chi connectivity index (χ1n) is 3.29. The standard InChI is InChI=1S/C8H13NO2/c1-4-8(10)11-7-5-6-9(2)3/h4-6H,1,7H2,2-3H3. The summed E-state index contributed by atoms with van der Waals surface area (Å²) in [6.45, 7) is 3.56. The Hall–Kier alpha value is -1.25. The minimum atomic E-state index is -0.395. The lowest BCUT2D eigenvalue weighted by Crippen LogP contribution is -2.03. The Kier molecular flexibility index (Phi) is 4.90. The third-order valence-corrected chi connectivity index (χ3v) is 0.892. The Labute approximate surface area is 66.9 Å². The van der Waals surface area contributed by atoms with Crippen molar-refractivity contribution in [1.82, 2.24) is 4.90 Å². The van der Waals surface area contributed by atoms with Crippen molar-refractivity contribution < 1.29 is 9.53 Å². The van der Waals surface area contributed by atoms with Crippen LogP contribution in [-0.4, -0.2) is 31.6 Å². The molecule has 0 aromatic rings. The van der Waals surface area contributed by atoms with E-state index < -0.39 is 5.97 Å². The lowest BCUT2D eigenvalue weighted by atomic mass is 10.6. The molecule has 0 aromatic carbocycles. The van der Waals surface area contributed by atoms with Crippen molar-refractivity contribution in [2.75, 3.05) is 20.7 Å². The Bertz CT molecular complexity index is 161. The fourth-order valence-corrected chi connectivity index (χ4v) is 0.443. The lowest BCUT2D eigenvalue weighted by Gasteiger charge is -2.02. The van der Waals surface area contributed by atoms with Gasteiger partial charge in [0.15, 0.2) is 0 Å². The van der Waals surface area contributed by atoms with Gasteiger partial charge in [0.25, 0.3) is 0 Å². The molecule has 0 aliphatic carbocycles. The Balaban J connectivity index is 3.41. The first kappa shape index (κ1) is 9.75. The van der Waals surface area contributed by atoms with Gasteiger partial charge in [-0.3, -0.25) is 0 Å². The summed E-state index contributed by atoms with van der Waals surface area (Å²) in [5.74, 6) is -0.395. The fraction of sp³-hybridized carbons (Fsp3) is 0.375. The topological polar surface area (TPSA) is 29.5 Å². The van der Waals surface area contributed by atoms with Crippen LogP contribution in [0.5, 0.6) is 0 Å². The van der Waals surface area contributed by atoms with Crippen LogP contribution in [0.15, 0.2) is 24.9 Å². The predicted molar refractivity (Wildman–Crippen MR) is 44.0 cm³/mol. The molecule has 0 fully saturated rings. The predicted octanol–water partition coefficient (Wildman–Crippen LogP) is 0.791. The highest BCUT2D eigenvalue weighted by Gasteiger charge is 1.89. The van der Waals surface area contributed by atoms with Crippen molar-refractivity contribution in [3.63, 3.8) is 0 Å². The van der Waals surface area contributed by atoms with Gasteiger partial charge >= 0.3 is 5.97 Å². The highest BCUT2D eigenvalue weighted by Crippen LogP contribution is 1.82. The molecule has 0 aromatic heterocycles.